The van der Waals surface area contributed by atoms with Crippen molar-refractivity contribution in [3.05, 3.63) is 35.9 Å². The number of carbonyl (C=O) groups is 5. The molecule has 2 aliphatic rings. The highest BCUT2D eigenvalue weighted by Crippen LogP contribution is 2.12. The van der Waals surface area contributed by atoms with E-state index in [0.717, 1.165) is 18.5 Å². The molecule has 0 saturated carbocycles. The Morgan fingerprint density at radius 2 is 1.72 bits per heavy atom. The maximum atomic E-state index is 13.4. The van der Waals surface area contributed by atoms with Gasteiger partial charge < -0.3 is 31.1 Å². The van der Waals surface area contributed by atoms with Gasteiger partial charge in [-0.2, -0.15) is 0 Å². The molecule has 3 rings (SSSR count). The highest BCUT2D eigenvalue weighted by molar-refractivity contribution is 5.95. The smallest absolute Gasteiger partial charge is 0.245 e. The van der Waals surface area contributed by atoms with Gasteiger partial charge in [0.25, 0.3) is 0 Å². The summed E-state index contributed by atoms with van der Waals surface area (Å²) < 4.78 is 0. The molecule has 4 atom stereocenters. The van der Waals surface area contributed by atoms with E-state index in [1.54, 1.807) is 6.92 Å². The van der Waals surface area contributed by atoms with Gasteiger partial charge in [0.05, 0.1) is 12.6 Å². The fourth-order valence-electron chi connectivity index (χ4n) is 4.89. The minimum absolute atomic E-state index is 0.0939. The maximum Gasteiger partial charge on any atom is 0.245 e. The minimum atomic E-state index is -0.886. The second-order valence-corrected chi connectivity index (χ2v) is 10.8. The molecule has 2 heterocycles. The second kappa shape index (κ2) is 14.1. The molecular weight excluding hydrogens is 500 g/mol. The fourth-order valence-corrected chi connectivity index (χ4v) is 4.89. The van der Waals surface area contributed by atoms with E-state index < -0.39 is 41.8 Å². The van der Waals surface area contributed by atoms with E-state index in [-0.39, 0.29) is 43.9 Å². The van der Waals surface area contributed by atoms with E-state index in [4.69, 9.17) is 0 Å². The summed E-state index contributed by atoms with van der Waals surface area (Å²) in [5.74, 6) is -1.88. The monoisotopic (exact) mass is 542 g/mol. The van der Waals surface area contributed by atoms with Gasteiger partial charge in [0.15, 0.2) is 0 Å². The molecule has 0 spiro atoms. The molecule has 5 amide bonds. The van der Waals surface area contributed by atoms with E-state index in [9.17, 15) is 24.0 Å². The predicted octanol–water partition coefficient (Wildman–Crippen LogP) is -0.198. The molecule has 214 valence electrons. The summed E-state index contributed by atoms with van der Waals surface area (Å²) in [7, 11) is 1.51. The molecule has 2 aliphatic heterocycles. The molecule has 0 radical (unpaired) electrons. The summed E-state index contributed by atoms with van der Waals surface area (Å²) in [5.41, 5.74) is 0.865. The zero-order valence-electron chi connectivity index (χ0n) is 23.4. The van der Waals surface area contributed by atoms with Crippen molar-refractivity contribution in [3.8, 4) is 0 Å². The summed E-state index contributed by atoms with van der Waals surface area (Å²) in [6.07, 6.45) is 2.17. The van der Waals surface area contributed by atoms with Gasteiger partial charge in [0.1, 0.15) is 18.1 Å². The molecule has 0 bridgehead atoms. The van der Waals surface area contributed by atoms with Crippen LogP contribution in [0.2, 0.25) is 0 Å². The van der Waals surface area contributed by atoms with Crippen molar-refractivity contribution in [1.82, 2.24) is 31.1 Å². The van der Waals surface area contributed by atoms with Crippen molar-refractivity contribution in [3.63, 3.8) is 0 Å². The Bertz CT molecular complexity index is 1030. The third kappa shape index (κ3) is 8.51. The number of benzene rings is 1. The van der Waals surface area contributed by atoms with Gasteiger partial charge in [-0.1, -0.05) is 44.2 Å². The zero-order valence-corrected chi connectivity index (χ0v) is 23.4. The second-order valence-electron chi connectivity index (χ2n) is 10.8. The normalized spacial score (nSPS) is 26.0. The van der Waals surface area contributed by atoms with Crippen LogP contribution in [0, 0.1) is 5.92 Å². The topological polar surface area (TPSA) is 140 Å². The summed E-state index contributed by atoms with van der Waals surface area (Å²) in [5, 5.41) is 11.6. The molecule has 39 heavy (non-hydrogen) atoms. The molecule has 11 heteroatoms. The lowest BCUT2D eigenvalue weighted by molar-refractivity contribution is -0.143. The Morgan fingerprint density at radius 3 is 2.36 bits per heavy atom. The van der Waals surface area contributed by atoms with Gasteiger partial charge in [0.2, 0.25) is 29.5 Å². The van der Waals surface area contributed by atoms with Crippen LogP contribution in [0.25, 0.3) is 0 Å². The van der Waals surface area contributed by atoms with Crippen molar-refractivity contribution >= 4 is 29.5 Å². The fraction of sp³-hybridized carbons (Fsp3) is 0.607. The number of hydrogen-bond acceptors (Lipinski definition) is 6. The van der Waals surface area contributed by atoms with Crippen LogP contribution in [0.1, 0.15) is 45.6 Å². The van der Waals surface area contributed by atoms with Gasteiger partial charge >= 0.3 is 0 Å². The van der Waals surface area contributed by atoms with Gasteiger partial charge in [0, 0.05) is 26.6 Å². The molecule has 0 aliphatic carbocycles. The first-order valence-corrected chi connectivity index (χ1v) is 13.8. The molecule has 11 nitrogen and oxygen atoms in total. The summed E-state index contributed by atoms with van der Waals surface area (Å²) in [4.78, 5) is 68.9. The lowest BCUT2D eigenvalue weighted by atomic mass is 10.0. The number of nitrogens with zero attached hydrogens (tertiary/aromatic N) is 2. The zero-order chi connectivity index (χ0) is 28.5. The van der Waals surface area contributed by atoms with Gasteiger partial charge in [-0.25, -0.2) is 0 Å². The van der Waals surface area contributed by atoms with Crippen LogP contribution in [0.15, 0.2) is 30.3 Å². The van der Waals surface area contributed by atoms with E-state index in [2.05, 4.69) is 21.3 Å². The molecule has 2 saturated heterocycles. The Kier molecular flexibility index (Phi) is 10.8. The van der Waals surface area contributed by atoms with Crippen LogP contribution in [-0.2, 0) is 30.4 Å². The molecule has 2 fully saturated rings. The summed E-state index contributed by atoms with van der Waals surface area (Å²) in [6, 6.07) is 6.31. The molecule has 0 unspecified atom stereocenters. The van der Waals surface area contributed by atoms with Gasteiger partial charge in [-0.3, -0.25) is 24.0 Å². The van der Waals surface area contributed by atoms with Gasteiger partial charge in [-0.05, 0) is 44.2 Å². The highest BCUT2D eigenvalue weighted by Gasteiger charge is 2.34. The standard InChI is InChI=1S/C28H42N6O5/c1-18(2)15-23-27(38)33(4)19(3)25(36)32-22(16-20-9-6-5-7-10-20)26(37)30-13-14-34(17-24(35)31-23)28(39)21-11-8-12-29-21/h5-7,9-10,18-19,21-23,29H,8,11-17H2,1-4H3,(H,30,37)(H,31,35)(H,32,36)/t19-,21-,22-,23-/m0/s1. The van der Waals surface area contributed by atoms with Gasteiger partial charge in [-0.15, -0.1) is 0 Å². The Balaban J connectivity index is 1.89. The third-order valence-electron chi connectivity index (χ3n) is 7.25. The van der Waals surface area contributed by atoms with Crippen molar-refractivity contribution < 1.29 is 24.0 Å². The number of nitrogens with one attached hydrogen (secondary N) is 4. The first-order chi connectivity index (χ1) is 18.6. The first-order valence-electron chi connectivity index (χ1n) is 13.8. The summed E-state index contributed by atoms with van der Waals surface area (Å²) in [6.45, 7) is 6.18. The van der Waals surface area contributed by atoms with Crippen LogP contribution in [0.3, 0.4) is 0 Å². The quantitative estimate of drug-likeness (QED) is 0.407. The summed E-state index contributed by atoms with van der Waals surface area (Å²) >= 11 is 0. The number of hydrogen-bond donors (Lipinski definition) is 4. The highest BCUT2D eigenvalue weighted by atomic mass is 16.2. The average molecular weight is 543 g/mol. The Morgan fingerprint density at radius 1 is 1.00 bits per heavy atom. The van der Waals surface area contributed by atoms with E-state index in [1.807, 2.05) is 44.2 Å². The van der Waals surface area contributed by atoms with Crippen LogP contribution >= 0.6 is 0 Å². The van der Waals surface area contributed by atoms with E-state index in [0.29, 0.717) is 12.8 Å². The minimum Gasteiger partial charge on any atom is -0.353 e. The predicted molar refractivity (Wildman–Crippen MR) is 146 cm³/mol. The Hall–Kier alpha value is -3.47. The number of likely N-dealkylation sites (N-methyl/N-ethyl adjacent to an activating group) is 1. The number of carbonyl (C=O) groups excluding carboxylic acids is 5. The lowest BCUT2D eigenvalue weighted by Gasteiger charge is -2.31. The average Bonchev–Trinajstić information content (AvgIpc) is 3.45. The molecular formula is C28H42N6O5. The van der Waals surface area contributed by atoms with Crippen LogP contribution < -0.4 is 21.3 Å². The van der Waals surface area contributed by atoms with E-state index >= 15 is 0 Å². The number of amides is 5. The number of rotatable bonds is 5. The SMILES string of the molecule is CC(C)C[C@@H]1NC(=O)CN(C(=O)[C@@H]2CCCN2)CCNC(=O)[C@H](Cc2ccccc2)NC(=O)[C@H](C)N(C)C1=O. The van der Waals surface area contributed by atoms with Crippen molar-refractivity contribution in [2.45, 2.75) is 70.6 Å². The largest absolute Gasteiger partial charge is 0.353 e. The third-order valence-corrected chi connectivity index (χ3v) is 7.25. The maximum absolute atomic E-state index is 13.4. The van der Waals surface area contributed by atoms with Crippen molar-refractivity contribution in [2.24, 2.45) is 5.92 Å². The lowest BCUT2D eigenvalue weighted by Crippen LogP contribution is -2.57. The van der Waals surface area contributed by atoms with Crippen LogP contribution in [0.4, 0.5) is 0 Å². The van der Waals surface area contributed by atoms with Crippen LogP contribution in [0.5, 0.6) is 0 Å². The van der Waals surface area contributed by atoms with E-state index in [1.165, 1.54) is 16.8 Å². The molecule has 1 aromatic carbocycles. The van der Waals surface area contributed by atoms with Crippen LogP contribution in [-0.4, -0.2) is 96.7 Å². The first kappa shape index (κ1) is 30.1. The molecule has 4 N–H and O–H groups in total. The van der Waals surface area contributed by atoms with Crippen molar-refractivity contribution in [1.29, 1.82) is 0 Å². The molecule has 0 aromatic heterocycles. The molecule has 1 aromatic rings. The van der Waals surface area contributed by atoms with Crippen molar-refractivity contribution in [2.75, 3.05) is 33.2 Å². The Labute approximate surface area is 230 Å².